The number of nitrogens with zero attached hydrogens (tertiary/aromatic N) is 1. The van der Waals surface area contributed by atoms with Gasteiger partial charge in [-0.2, -0.15) is 13.2 Å². The van der Waals surface area contributed by atoms with Crippen LogP contribution in [0.2, 0.25) is 0 Å². The van der Waals surface area contributed by atoms with Crippen molar-refractivity contribution in [3.8, 4) is 0 Å². The van der Waals surface area contributed by atoms with E-state index in [-0.39, 0.29) is 6.54 Å². The molecule has 8 heteroatoms. The molecule has 1 aromatic rings. The van der Waals surface area contributed by atoms with E-state index >= 15 is 0 Å². The highest BCUT2D eigenvalue weighted by Crippen LogP contribution is 2.15. The van der Waals surface area contributed by atoms with Crippen LogP contribution in [0, 0.1) is 0 Å². The minimum absolute atomic E-state index is 0.0253. The lowest BCUT2D eigenvalue weighted by Crippen LogP contribution is -2.44. The molecule has 0 radical (unpaired) electrons. The zero-order valence-electron chi connectivity index (χ0n) is 11.8. The molecular formula is C14H16F3NO4. The van der Waals surface area contributed by atoms with Crippen molar-refractivity contribution in [3.63, 3.8) is 0 Å². The van der Waals surface area contributed by atoms with Gasteiger partial charge in [0.2, 0.25) is 5.91 Å². The number of aliphatic carboxylic acids is 1. The van der Waals surface area contributed by atoms with Gasteiger partial charge in [0.15, 0.2) is 0 Å². The van der Waals surface area contributed by atoms with Gasteiger partial charge in [0.25, 0.3) is 0 Å². The molecule has 22 heavy (non-hydrogen) atoms. The van der Waals surface area contributed by atoms with Crippen molar-refractivity contribution >= 4 is 11.9 Å². The SMILES string of the molecule is CC(C(=O)O)N(Cc1ccccc1)C(=O)COCC(F)(F)F. The van der Waals surface area contributed by atoms with E-state index in [1.165, 1.54) is 6.92 Å². The minimum atomic E-state index is -4.54. The van der Waals surface area contributed by atoms with E-state index in [4.69, 9.17) is 5.11 Å². The Kier molecular flexibility index (Phi) is 6.36. The molecule has 1 N–H and O–H groups in total. The second-order valence-electron chi connectivity index (χ2n) is 4.63. The number of alkyl halides is 3. The van der Waals surface area contributed by atoms with E-state index in [1.807, 2.05) is 0 Å². The molecule has 0 bridgehead atoms. The van der Waals surface area contributed by atoms with Gasteiger partial charge in [-0.1, -0.05) is 30.3 Å². The first-order chi connectivity index (χ1) is 10.2. The van der Waals surface area contributed by atoms with Crippen LogP contribution in [0.15, 0.2) is 30.3 Å². The molecule has 1 aromatic carbocycles. The summed E-state index contributed by atoms with van der Waals surface area (Å²) < 4.78 is 40.3. The molecule has 1 rings (SSSR count). The fourth-order valence-corrected chi connectivity index (χ4v) is 1.69. The predicted octanol–water partition coefficient (Wildman–Crippen LogP) is 2.07. The predicted molar refractivity (Wildman–Crippen MR) is 71.0 cm³/mol. The zero-order valence-corrected chi connectivity index (χ0v) is 11.8. The number of carboxylic acids is 1. The van der Waals surface area contributed by atoms with Gasteiger partial charge in [-0.15, -0.1) is 0 Å². The first-order valence-corrected chi connectivity index (χ1v) is 6.41. The third kappa shape index (κ3) is 6.13. The van der Waals surface area contributed by atoms with E-state index in [9.17, 15) is 22.8 Å². The fourth-order valence-electron chi connectivity index (χ4n) is 1.69. The number of hydrogen-bond donors (Lipinski definition) is 1. The molecule has 1 atom stereocenters. The summed E-state index contributed by atoms with van der Waals surface area (Å²) in [5.41, 5.74) is 0.666. The summed E-state index contributed by atoms with van der Waals surface area (Å²) in [5.74, 6) is -2.07. The van der Waals surface area contributed by atoms with Gasteiger partial charge in [0, 0.05) is 6.54 Å². The summed E-state index contributed by atoms with van der Waals surface area (Å²) in [6.45, 7) is -1.13. The topological polar surface area (TPSA) is 66.8 Å². The molecule has 0 spiro atoms. The number of rotatable bonds is 7. The van der Waals surface area contributed by atoms with Crippen LogP contribution in [0.1, 0.15) is 12.5 Å². The van der Waals surface area contributed by atoms with Gasteiger partial charge in [-0.05, 0) is 12.5 Å². The van der Waals surface area contributed by atoms with Crippen LogP contribution < -0.4 is 0 Å². The monoisotopic (exact) mass is 319 g/mol. The van der Waals surface area contributed by atoms with Crippen molar-refractivity contribution in [3.05, 3.63) is 35.9 Å². The first kappa shape index (κ1) is 18.0. The zero-order chi connectivity index (χ0) is 16.8. The Bertz CT molecular complexity index is 505. The Hall–Kier alpha value is -2.09. The van der Waals surface area contributed by atoms with Crippen molar-refractivity contribution in [2.75, 3.05) is 13.2 Å². The summed E-state index contributed by atoms with van der Waals surface area (Å²) >= 11 is 0. The van der Waals surface area contributed by atoms with Crippen LogP contribution in [0.25, 0.3) is 0 Å². The average Bonchev–Trinajstić information content (AvgIpc) is 2.43. The van der Waals surface area contributed by atoms with Gasteiger partial charge in [0.05, 0.1) is 0 Å². The minimum Gasteiger partial charge on any atom is -0.480 e. The van der Waals surface area contributed by atoms with Crippen molar-refractivity contribution < 1.29 is 32.6 Å². The second-order valence-corrected chi connectivity index (χ2v) is 4.63. The highest BCUT2D eigenvalue weighted by Gasteiger charge is 2.30. The Balaban J connectivity index is 2.73. The summed E-state index contributed by atoms with van der Waals surface area (Å²) in [6.07, 6.45) is -4.54. The van der Waals surface area contributed by atoms with Gasteiger partial charge < -0.3 is 14.7 Å². The molecule has 0 aliphatic rings. The molecule has 0 fully saturated rings. The summed E-state index contributed by atoms with van der Waals surface area (Å²) in [4.78, 5) is 24.0. The second kappa shape index (κ2) is 7.79. The number of benzene rings is 1. The summed E-state index contributed by atoms with van der Waals surface area (Å²) in [5, 5.41) is 9.02. The van der Waals surface area contributed by atoms with Crippen LogP contribution in [-0.4, -0.2) is 47.3 Å². The Labute approximate surface area is 125 Å². The molecule has 1 amide bonds. The summed E-state index contributed by atoms with van der Waals surface area (Å²) in [7, 11) is 0. The third-order valence-corrected chi connectivity index (χ3v) is 2.83. The van der Waals surface area contributed by atoms with Gasteiger partial charge in [-0.25, -0.2) is 4.79 Å². The Morgan fingerprint density at radius 1 is 1.27 bits per heavy atom. The third-order valence-electron chi connectivity index (χ3n) is 2.83. The molecule has 1 unspecified atom stereocenters. The average molecular weight is 319 g/mol. The molecule has 0 aliphatic heterocycles. The van der Waals surface area contributed by atoms with Crippen molar-refractivity contribution in [2.24, 2.45) is 0 Å². The van der Waals surface area contributed by atoms with E-state index in [1.54, 1.807) is 30.3 Å². The van der Waals surface area contributed by atoms with Crippen LogP contribution in [0.3, 0.4) is 0 Å². The lowest BCUT2D eigenvalue weighted by Gasteiger charge is -2.26. The normalized spacial score (nSPS) is 12.7. The highest BCUT2D eigenvalue weighted by atomic mass is 19.4. The van der Waals surface area contributed by atoms with Crippen LogP contribution in [-0.2, 0) is 20.9 Å². The van der Waals surface area contributed by atoms with Gasteiger partial charge in [0.1, 0.15) is 19.3 Å². The molecule has 0 aromatic heterocycles. The van der Waals surface area contributed by atoms with Crippen LogP contribution in [0.5, 0.6) is 0 Å². The smallest absolute Gasteiger partial charge is 0.411 e. The molecule has 5 nitrogen and oxygen atoms in total. The van der Waals surface area contributed by atoms with Crippen molar-refractivity contribution in [2.45, 2.75) is 25.7 Å². The molecule has 0 aliphatic carbocycles. The van der Waals surface area contributed by atoms with Crippen molar-refractivity contribution in [1.82, 2.24) is 4.90 Å². The summed E-state index contributed by atoms with van der Waals surface area (Å²) in [6, 6.07) is 7.37. The molecule has 122 valence electrons. The number of hydrogen-bond acceptors (Lipinski definition) is 3. The number of carbonyl (C=O) groups is 2. The van der Waals surface area contributed by atoms with E-state index in [0.29, 0.717) is 5.56 Å². The quantitative estimate of drug-likeness (QED) is 0.835. The maximum absolute atomic E-state index is 12.0. The Morgan fingerprint density at radius 2 is 1.86 bits per heavy atom. The number of amides is 1. The lowest BCUT2D eigenvalue weighted by atomic mass is 10.2. The van der Waals surface area contributed by atoms with E-state index < -0.39 is 37.3 Å². The van der Waals surface area contributed by atoms with Crippen molar-refractivity contribution in [1.29, 1.82) is 0 Å². The number of ether oxygens (including phenoxy) is 1. The number of carboxylic acid groups (broad SMARTS) is 1. The number of carbonyl (C=O) groups excluding carboxylic acids is 1. The largest absolute Gasteiger partial charge is 0.480 e. The lowest BCUT2D eigenvalue weighted by molar-refractivity contribution is -0.179. The standard InChI is InChI=1S/C14H16F3NO4/c1-10(13(20)21)18(7-11-5-3-2-4-6-11)12(19)8-22-9-14(15,16)17/h2-6,10H,7-9H2,1H3,(H,20,21). The maximum atomic E-state index is 12.0. The first-order valence-electron chi connectivity index (χ1n) is 6.41. The van der Waals surface area contributed by atoms with Crippen LogP contribution in [0.4, 0.5) is 13.2 Å². The molecule has 0 saturated carbocycles. The van der Waals surface area contributed by atoms with E-state index in [0.717, 1.165) is 4.90 Å². The van der Waals surface area contributed by atoms with Crippen LogP contribution >= 0.6 is 0 Å². The highest BCUT2D eigenvalue weighted by molar-refractivity contribution is 5.84. The molecule has 0 heterocycles. The maximum Gasteiger partial charge on any atom is 0.411 e. The molecular weight excluding hydrogens is 303 g/mol. The number of halogens is 3. The van der Waals surface area contributed by atoms with Gasteiger partial charge >= 0.3 is 12.1 Å². The van der Waals surface area contributed by atoms with Gasteiger partial charge in [-0.3, -0.25) is 4.79 Å². The fraction of sp³-hybridized carbons (Fsp3) is 0.429. The molecule has 0 saturated heterocycles. The van der Waals surface area contributed by atoms with E-state index in [2.05, 4.69) is 4.74 Å². The Morgan fingerprint density at radius 3 is 2.36 bits per heavy atom.